The molecule has 2 aromatic carbocycles. The van der Waals surface area contributed by atoms with E-state index >= 15 is 0 Å². The number of benzene rings is 3. The maximum Gasteiger partial charge on any atom is 0.251 e. The molecule has 0 spiro atoms. The van der Waals surface area contributed by atoms with Crippen LogP contribution in [0.2, 0.25) is 10.0 Å². The molecule has 1 unspecified atom stereocenters. The lowest BCUT2D eigenvalue weighted by Gasteiger charge is -2.16. The third kappa shape index (κ3) is 6.76. The van der Waals surface area contributed by atoms with E-state index in [4.69, 9.17) is 32.4 Å². The summed E-state index contributed by atoms with van der Waals surface area (Å²) in [7, 11) is 0. The zero-order valence-electron chi connectivity index (χ0n) is 21.8. The number of ether oxygens (including phenoxy) is 1. The summed E-state index contributed by atoms with van der Waals surface area (Å²) < 4.78 is 11.8. The van der Waals surface area contributed by atoms with Gasteiger partial charge in [0.1, 0.15) is 11.3 Å². The predicted molar refractivity (Wildman–Crippen MR) is 156 cm³/mol. The topological polar surface area (TPSA) is 68.5 Å². The molecule has 1 N–H and O–H groups in total. The van der Waals surface area contributed by atoms with Gasteiger partial charge in [0, 0.05) is 52.9 Å². The maximum absolute atomic E-state index is 12.7. The molecule has 0 fully saturated rings. The van der Waals surface area contributed by atoms with Gasteiger partial charge in [-0.05, 0) is 60.7 Å². The van der Waals surface area contributed by atoms with Crippen molar-refractivity contribution in [3.8, 4) is 22.5 Å². The van der Waals surface area contributed by atoms with Crippen LogP contribution in [0.4, 0.5) is 0 Å². The Hall–Kier alpha value is -2.86. The maximum atomic E-state index is 12.7. The summed E-state index contributed by atoms with van der Waals surface area (Å²) in [5.41, 5.74) is 3.24. The van der Waals surface area contributed by atoms with Crippen molar-refractivity contribution in [2.24, 2.45) is 5.92 Å². The highest BCUT2D eigenvalue weighted by Crippen LogP contribution is 2.41. The molecule has 0 saturated carbocycles. The Morgan fingerprint density at radius 2 is 1.82 bits per heavy atom. The summed E-state index contributed by atoms with van der Waals surface area (Å²) in [4.78, 5) is 24.9. The lowest BCUT2D eigenvalue weighted by molar-refractivity contribution is 0.0875. The van der Waals surface area contributed by atoms with Gasteiger partial charge in [-0.1, -0.05) is 68.4 Å². The van der Waals surface area contributed by atoms with E-state index < -0.39 is 0 Å². The number of hydrogen-bond donors (Lipinski definition) is 1. The second-order valence-electron chi connectivity index (χ2n) is 9.57. The predicted octanol–water partition coefficient (Wildman–Crippen LogP) is 8.22. The number of nitrogens with one attached hydrogen (secondary N) is 1. The van der Waals surface area contributed by atoms with E-state index in [0.717, 1.165) is 36.0 Å². The van der Waals surface area contributed by atoms with Crippen molar-refractivity contribution >= 4 is 40.1 Å². The minimum absolute atomic E-state index is 0.112. The van der Waals surface area contributed by atoms with Crippen LogP contribution in [0.3, 0.4) is 0 Å². The fourth-order valence-corrected chi connectivity index (χ4v) is 4.93. The fourth-order valence-electron chi connectivity index (χ4n) is 4.59. The van der Waals surface area contributed by atoms with Gasteiger partial charge < -0.3 is 14.5 Å². The fraction of sp³-hybridized carbons (Fsp3) is 0.355. The molecular weight excluding hydrogens is 521 g/mol. The molecule has 200 valence electrons. The van der Waals surface area contributed by atoms with E-state index in [0.29, 0.717) is 46.6 Å². The van der Waals surface area contributed by atoms with Crippen molar-refractivity contribution in [3.63, 3.8) is 0 Å². The number of halogens is 2. The Balaban J connectivity index is 1.44. The molecule has 1 amide bonds. The van der Waals surface area contributed by atoms with E-state index in [1.165, 1.54) is 25.3 Å². The van der Waals surface area contributed by atoms with Gasteiger partial charge in [0.2, 0.25) is 5.43 Å². The lowest BCUT2D eigenvalue weighted by atomic mass is 9.93. The lowest BCUT2D eigenvalue weighted by Crippen LogP contribution is -2.25. The first-order valence-corrected chi connectivity index (χ1v) is 14.0. The number of carbonyl (C=O) groups is 1. The molecule has 1 aliphatic heterocycles. The summed E-state index contributed by atoms with van der Waals surface area (Å²) in [6, 6.07) is 15.7. The third-order valence-corrected chi connectivity index (χ3v) is 7.35. The van der Waals surface area contributed by atoms with E-state index in [9.17, 15) is 9.59 Å². The minimum atomic E-state index is -0.304. The van der Waals surface area contributed by atoms with Gasteiger partial charge in [-0.3, -0.25) is 9.59 Å². The van der Waals surface area contributed by atoms with Crippen molar-refractivity contribution < 1.29 is 13.9 Å². The molecule has 7 heteroatoms. The molecule has 1 aliphatic carbocycles. The van der Waals surface area contributed by atoms with Crippen molar-refractivity contribution in [1.82, 2.24) is 5.32 Å². The molecule has 2 aliphatic rings. The molecule has 5 nitrogen and oxygen atoms in total. The van der Waals surface area contributed by atoms with Crippen molar-refractivity contribution in [3.05, 3.63) is 80.4 Å². The van der Waals surface area contributed by atoms with Gasteiger partial charge in [0.05, 0.1) is 5.02 Å². The molecule has 4 rings (SSSR count). The molecule has 1 heterocycles. The molecule has 1 atom stereocenters. The van der Waals surface area contributed by atoms with Crippen LogP contribution < -0.4 is 10.7 Å². The molecule has 0 bridgehead atoms. The highest BCUT2D eigenvalue weighted by molar-refractivity contribution is 6.32. The van der Waals surface area contributed by atoms with Gasteiger partial charge >= 0.3 is 0 Å². The van der Waals surface area contributed by atoms with Crippen LogP contribution in [-0.4, -0.2) is 25.7 Å². The Bertz CT molecular complexity index is 1410. The molecule has 0 radical (unpaired) electrons. The zero-order valence-corrected chi connectivity index (χ0v) is 23.3. The van der Waals surface area contributed by atoms with E-state index in [-0.39, 0.29) is 16.4 Å². The summed E-state index contributed by atoms with van der Waals surface area (Å²) in [5, 5.41) is 4.43. The summed E-state index contributed by atoms with van der Waals surface area (Å²) in [5.74, 6) is 0.916. The first-order valence-electron chi connectivity index (χ1n) is 13.2. The first-order chi connectivity index (χ1) is 18.4. The van der Waals surface area contributed by atoms with E-state index in [2.05, 4.69) is 19.2 Å². The van der Waals surface area contributed by atoms with Crippen LogP contribution in [-0.2, 0) is 4.74 Å². The largest absolute Gasteiger partial charge is 0.456 e. The van der Waals surface area contributed by atoms with Crippen LogP contribution in [0.15, 0.2) is 63.8 Å². The molecule has 38 heavy (non-hydrogen) atoms. The third-order valence-electron chi connectivity index (χ3n) is 6.82. The standard InChI is InChI=1S/C31H33Cl2NO4/c1-3-5-7-20(4-2)19-37-15-6-14-34-31(36)22-10-8-21(9-11-22)30-24-16-23(32)12-13-28(24)38-29-18-27(35)26(33)17-25(29)30/h8-13,16-18,20H,3-7,14-15,19H2,1-2H3,(H,34,36). The minimum Gasteiger partial charge on any atom is -0.456 e. The Morgan fingerprint density at radius 3 is 2.55 bits per heavy atom. The van der Waals surface area contributed by atoms with Crippen molar-refractivity contribution in [1.29, 1.82) is 0 Å². The number of fused-ring (bicyclic) bond motifs is 2. The normalized spacial score (nSPS) is 12.2. The average molecular weight is 555 g/mol. The Labute approximate surface area is 233 Å². The van der Waals surface area contributed by atoms with Gasteiger partial charge in [-0.25, -0.2) is 0 Å². The molecule has 0 saturated heterocycles. The number of hydrogen-bond acceptors (Lipinski definition) is 4. The van der Waals surface area contributed by atoms with E-state index in [1.807, 2.05) is 18.2 Å². The number of unbranched alkanes of at least 4 members (excludes halogenated alkanes) is 1. The van der Waals surface area contributed by atoms with Crippen LogP contribution in [0.1, 0.15) is 56.3 Å². The number of rotatable bonds is 12. The Kier molecular flexibility index (Phi) is 9.84. The average Bonchev–Trinajstić information content (AvgIpc) is 2.92. The second kappa shape index (κ2) is 13.3. The van der Waals surface area contributed by atoms with Crippen LogP contribution in [0.25, 0.3) is 33.4 Å². The SMILES string of the molecule is CCCCC(CC)COCCCNC(=O)c1ccc(-c2c3cc(Cl)c(=O)cc-3oc3ccc(Cl)cc23)cc1. The van der Waals surface area contributed by atoms with Gasteiger partial charge in [0.15, 0.2) is 0 Å². The van der Waals surface area contributed by atoms with Crippen LogP contribution in [0.5, 0.6) is 0 Å². The number of carbonyl (C=O) groups excluding carboxylic acids is 1. The highest BCUT2D eigenvalue weighted by Gasteiger charge is 2.19. The summed E-state index contributed by atoms with van der Waals surface area (Å²) in [6.07, 6.45) is 5.57. The van der Waals surface area contributed by atoms with E-state index in [1.54, 1.807) is 30.3 Å². The highest BCUT2D eigenvalue weighted by atomic mass is 35.5. The summed E-state index contributed by atoms with van der Waals surface area (Å²) in [6.45, 7) is 6.39. The molecule has 0 aromatic heterocycles. The quantitative estimate of drug-likeness (QED) is 0.142. The van der Waals surface area contributed by atoms with Gasteiger partial charge in [0.25, 0.3) is 5.91 Å². The van der Waals surface area contributed by atoms with Crippen LogP contribution in [0, 0.1) is 5.92 Å². The van der Waals surface area contributed by atoms with Crippen LogP contribution >= 0.6 is 23.2 Å². The van der Waals surface area contributed by atoms with Crippen molar-refractivity contribution in [2.45, 2.75) is 46.0 Å². The molecule has 2 aromatic rings. The van der Waals surface area contributed by atoms with Gasteiger partial charge in [-0.15, -0.1) is 0 Å². The smallest absolute Gasteiger partial charge is 0.251 e. The Morgan fingerprint density at radius 1 is 1.03 bits per heavy atom. The van der Waals surface area contributed by atoms with Crippen molar-refractivity contribution in [2.75, 3.05) is 19.8 Å². The number of amides is 1. The molecular formula is C31H33Cl2NO4. The monoisotopic (exact) mass is 553 g/mol. The second-order valence-corrected chi connectivity index (χ2v) is 10.4. The first kappa shape index (κ1) is 28.2. The zero-order chi connectivity index (χ0) is 27.1. The summed E-state index contributed by atoms with van der Waals surface area (Å²) >= 11 is 12.5. The van der Waals surface area contributed by atoms with Gasteiger partial charge in [-0.2, -0.15) is 0 Å².